The third-order valence-corrected chi connectivity index (χ3v) is 3.68. The molecule has 1 aromatic rings. The van der Waals surface area contributed by atoms with Crippen LogP contribution in [0.3, 0.4) is 0 Å². The Bertz CT molecular complexity index is 492. The van der Waals surface area contributed by atoms with Crippen LogP contribution in [0.4, 0.5) is 3.89 Å². The smallest absolute Gasteiger partial charge is 0.306 e. The zero-order valence-corrected chi connectivity index (χ0v) is 10.5. The summed E-state index contributed by atoms with van der Waals surface area (Å²) in [5.74, 6) is -0.580. The van der Waals surface area contributed by atoms with Crippen molar-refractivity contribution in [2.24, 2.45) is 0 Å². The molecule has 0 radical (unpaired) electrons. The van der Waals surface area contributed by atoms with Gasteiger partial charge in [-0.3, -0.25) is 4.68 Å². The molecule has 0 bridgehead atoms. The molecular weight excluding hydrogens is 245 g/mol. The van der Waals surface area contributed by atoms with Gasteiger partial charge >= 0.3 is 10.2 Å². The van der Waals surface area contributed by atoms with E-state index in [0.717, 1.165) is 25.9 Å². The first-order valence-corrected chi connectivity index (χ1v) is 7.18. The Balaban J connectivity index is 2.17. The van der Waals surface area contributed by atoms with E-state index in [0.29, 0.717) is 11.3 Å². The van der Waals surface area contributed by atoms with Gasteiger partial charge in [-0.2, -0.15) is 13.5 Å². The number of piperidine rings is 1. The van der Waals surface area contributed by atoms with Crippen molar-refractivity contribution in [1.29, 1.82) is 0 Å². The average Bonchev–Trinajstić information content (AvgIpc) is 2.59. The molecule has 0 saturated carbocycles. The summed E-state index contributed by atoms with van der Waals surface area (Å²) in [6.07, 6.45) is 3.58. The van der Waals surface area contributed by atoms with E-state index in [1.165, 1.54) is 0 Å². The molecule has 1 saturated heterocycles. The zero-order valence-electron chi connectivity index (χ0n) is 9.69. The highest BCUT2D eigenvalue weighted by atomic mass is 32.3. The van der Waals surface area contributed by atoms with Crippen molar-refractivity contribution >= 4 is 10.2 Å². The molecule has 0 spiro atoms. The lowest BCUT2D eigenvalue weighted by atomic mass is 10.1. The highest BCUT2D eigenvalue weighted by Gasteiger charge is 2.19. The Labute approximate surface area is 100 Å². The zero-order chi connectivity index (χ0) is 12.5. The summed E-state index contributed by atoms with van der Waals surface area (Å²) >= 11 is 0. The van der Waals surface area contributed by atoms with Gasteiger partial charge in [-0.05, 0) is 32.9 Å². The van der Waals surface area contributed by atoms with Crippen molar-refractivity contribution in [2.45, 2.75) is 31.6 Å². The van der Waals surface area contributed by atoms with Gasteiger partial charge in [0.05, 0.1) is 11.7 Å². The largest absolute Gasteiger partial charge is 0.317 e. The van der Waals surface area contributed by atoms with Gasteiger partial charge in [-0.1, -0.05) is 0 Å². The number of rotatable bonds is 3. The third kappa shape index (κ3) is 3.26. The summed E-state index contributed by atoms with van der Waals surface area (Å²) in [7, 11) is -4.48. The van der Waals surface area contributed by atoms with Crippen LogP contribution in [0.5, 0.6) is 0 Å². The van der Waals surface area contributed by atoms with E-state index in [4.69, 9.17) is 0 Å². The van der Waals surface area contributed by atoms with Gasteiger partial charge in [0.15, 0.2) is 0 Å². The summed E-state index contributed by atoms with van der Waals surface area (Å²) in [6, 6.07) is 0.283. The molecule has 0 atom stereocenters. The number of nitrogens with zero attached hydrogens (tertiary/aromatic N) is 2. The van der Waals surface area contributed by atoms with Crippen LogP contribution in [0.15, 0.2) is 6.20 Å². The van der Waals surface area contributed by atoms with Crippen molar-refractivity contribution in [3.8, 4) is 0 Å². The molecule has 1 fully saturated rings. The lowest BCUT2D eigenvalue weighted by molar-refractivity contribution is 0.342. The summed E-state index contributed by atoms with van der Waals surface area (Å²) in [5.41, 5.74) is 1.04. The van der Waals surface area contributed by atoms with Crippen molar-refractivity contribution in [3.05, 3.63) is 17.5 Å². The van der Waals surface area contributed by atoms with Gasteiger partial charge in [0.2, 0.25) is 0 Å². The summed E-state index contributed by atoms with van der Waals surface area (Å²) in [5, 5.41) is 7.52. The molecule has 5 nitrogen and oxygen atoms in total. The maximum Gasteiger partial charge on any atom is 0.306 e. The van der Waals surface area contributed by atoms with E-state index in [1.807, 2.05) is 0 Å². The Kier molecular flexibility index (Phi) is 3.48. The molecule has 17 heavy (non-hydrogen) atoms. The van der Waals surface area contributed by atoms with E-state index < -0.39 is 16.0 Å². The topological polar surface area (TPSA) is 64.0 Å². The molecule has 1 N–H and O–H groups in total. The number of aryl methyl sites for hydroxylation is 1. The minimum Gasteiger partial charge on any atom is -0.317 e. The Morgan fingerprint density at radius 2 is 2.18 bits per heavy atom. The van der Waals surface area contributed by atoms with E-state index in [-0.39, 0.29) is 6.04 Å². The lowest BCUT2D eigenvalue weighted by Crippen LogP contribution is -2.29. The number of aromatic nitrogens is 2. The Morgan fingerprint density at radius 1 is 1.53 bits per heavy atom. The minimum atomic E-state index is -4.48. The fraction of sp³-hybridized carbons (Fsp3) is 0.700. The Morgan fingerprint density at radius 3 is 2.76 bits per heavy atom. The SMILES string of the molecule is Cc1nn(C2CCNCC2)cc1CS(=O)(=O)F. The molecule has 0 amide bonds. The molecule has 2 heterocycles. The van der Waals surface area contributed by atoms with E-state index >= 15 is 0 Å². The van der Waals surface area contributed by atoms with Crippen molar-refractivity contribution < 1.29 is 12.3 Å². The summed E-state index contributed by atoms with van der Waals surface area (Å²) < 4.78 is 35.7. The number of halogens is 1. The molecule has 1 aromatic heterocycles. The van der Waals surface area contributed by atoms with Gasteiger partial charge in [0, 0.05) is 11.8 Å². The highest BCUT2D eigenvalue weighted by Crippen LogP contribution is 2.20. The quantitative estimate of drug-likeness (QED) is 0.822. The van der Waals surface area contributed by atoms with Gasteiger partial charge < -0.3 is 5.32 Å². The molecule has 96 valence electrons. The van der Waals surface area contributed by atoms with Gasteiger partial charge in [0.1, 0.15) is 5.75 Å². The van der Waals surface area contributed by atoms with E-state index in [1.54, 1.807) is 17.8 Å². The van der Waals surface area contributed by atoms with Gasteiger partial charge in [0.25, 0.3) is 0 Å². The molecule has 0 aliphatic carbocycles. The van der Waals surface area contributed by atoms with Gasteiger partial charge in [-0.25, -0.2) is 0 Å². The molecular formula is C10H16FN3O2S. The van der Waals surface area contributed by atoms with Crippen LogP contribution in [0, 0.1) is 6.92 Å². The lowest BCUT2D eigenvalue weighted by Gasteiger charge is -2.22. The first kappa shape index (κ1) is 12.5. The second kappa shape index (κ2) is 4.73. The van der Waals surface area contributed by atoms with Gasteiger partial charge in [-0.15, -0.1) is 3.89 Å². The van der Waals surface area contributed by atoms with Crippen molar-refractivity contribution in [1.82, 2.24) is 15.1 Å². The standard InChI is InChI=1S/C10H16FN3O2S/c1-8-9(7-17(11,15)16)6-14(13-8)10-2-4-12-5-3-10/h6,10,12H,2-5,7H2,1H3. The monoisotopic (exact) mass is 261 g/mol. The van der Waals surface area contributed by atoms with Crippen LogP contribution < -0.4 is 5.32 Å². The van der Waals surface area contributed by atoms with Crippen LogP contribution in [0.25, 0.3) is 0 Å². The van der Waals surface area contributed by atoms with E-state index in [9.17, 15) is 12.3 Å². The minimum absolute atomic E-state index is 0.283. The van der Waals surface area contributed by atoms with Crippen molar-refractivity contribution in [3.63, 3.8) is 0 Å². The number of hydrogen-bond acceptors (Lipinski definition) is 4. The normalized spacial score (nSPS) is 18.5. The predicted octanol–water partition coefficient (Wildman–Crippen LogP) is 0.915. The second-order valence-corrected chi connectivity index (χ2v) is 5.75. The molecule has 0 unspecified atom stereocenters. The first-order valence-electron chi connectivity index (χ1n) is 5.63. The van der Waals surface area contributed by atoms with Crippen LogP contribution in [-0.4, -0.2) is 31.3 Å². The summed E-state index contributed by atoms with van der Waals surface area (Å²) in [4.78, 5) is 0. The van der Waals surface area contributed by atoms with Crippen LogP contribution in [-0.2, 0) is 16.0 Å². The van der Waals surface area contributed by atoms with Crippen LogP contribution in [0.1, 0.15) is 30.1 Å². The molecule has 2 rings (SSSR count). The van der Waals surface area contributed by atoms with Crippen molar-refractivity contribution in [2.75, 3.05) is 13.1 Å². The molecule has 1 aliphatic rings. The predicted molar refractivity (Wildman–Crippen MR) is 61.8 cm³/mol. The second-order valence-electron chi connectivity index (χ2n) is 4.38. The first-order chi connectivity index (χ1) is 7.96. The molecule has 1 aliphatic heterocycles. The highest BCUT2D eigenvalue weighted by molar-refractivity contribution is 7.85. The fourth-order valence-corrected chi connectivity index (χ4v) is 2.76. The number of hydrogen-bond donors (Lipinski definition) is 1. The summed E-state index contributed by atoms with van der Waals surface area (Å²) in [6.45, 7) is 3.57. The molecule has 7 heteroatoms. The molecule has 0 aromatic carbocycles. The van der Waals surface area contributed by atoms with Crippen LogP contribution >= 0.6 is 0 Å². The number of nitrogens with one attached hydrogen (secondary N) is 1. The maximum absolute atomic E-state index is 12.6. The Hall–Kier alpha value is -0.950. The fourth-order valence-electron chi connectivity index (χ4n) is 2.11. The maximum atomic E-state index is 12.6. The third-order valence-electron chi connectivity index (χ3n) is 3.03. The van der Waals surface area contributed by atoms with Crippen LogP contribution in [0.2, 0.25) is 0 Å². The van der Waals surface area contributed by atoms with E-state index in [2.05, 4.69) is 10.4 Å². The average molecular weight is 261 g/mol.